The second kappa shape index (κ2) is 14.1. The fourth-order valence-corrected chi connectivity index (χ4v) is 2.35. The zero-order valence-electron chi connectivity index (χ0n) is 16.2. The number of carbonyl (C=O) groups is 4. The van der Waals surface area contributed by atoms with E-state index in [9.17, 15) is 24.3 Å². The van der Waals surface area contributed by atoms with E-state index in [1.807, 2.05) is 0 Å². The number of amides is 2. The Kier molecular flexibility index (Phi) is 12.7. The summed E-state index contributed by atoms with van der Waals surface area (Å²) in [4.78, 5) is 50.5. The number of rotatable bonds is 15. The van der Waals surface area contributed by atoms with Gasteiger partial charge in [0.15, 0.2) is 5.96 Å². The minimum atomic E-state index is -1.36. The quantitative estimate of drug-likeness (QED) is 0.0762. The molecule has 0 saturated carbocycles. The van der Waals surface area contributed by atoms with Crippen LogP contribution in [0.4, 0.5) is 0 Å². The van der Waals surface area contributed by atoms with Crippen molar-refractivity contribution in [2.75, 3.05) is 13.1 Å². The molecule has 0 rings (SSSR count). The van der Waals surface area contributed by atoms with E-state index < -0.39 is 48.3 Å². The lowest BCUT2D eigenvalue weighted by Crippen LogP contribution is -2.54. The van der Waals surface area contributed by atoms with E-state index in [2.05, 4.69) is 15.6 Å². The van der Waals surface area contributed by atoms with Gasteiger partial charge in [0.25, 0.3) is 0 Å². The lowest BCUT2D eigenvalue weighted by molar-refractivity contribution is -0.143. The predicted octanol–water partition coefficient (Wildman–Crippen LogP) is -2.97. The van der Waals surface area contributed by atoms with Gasteiger partial charge in [0, 0.05) is 6.54 Å². The summed E-state index contributed by atoms with van der Waals surface area (Å²) in [5.74, 6) is -4.20. The first kappa shape index (κ1) is 26.1. The van der Waals surface area contributed by atoms with E-state index in [0.29, 0.717) is 25.8 Å². The summed E-state index contributed by atoms with van der Waals surface area (Å²) < 4.78 is 0. The van der Waals surface area contributed by atoms with Crippen molar-refractivity contribution in [2.24, 2.45) is 27.9 Å². The summed E-state index contributed by atoms with van der Waals surface area (Å²) in [6, 6.07) is -3.65. The second-order valence-electron chi connectivity index (χ2n) is 6.40. The number of hydrogen-bond donors (Lipinski definition) is 8. The molecular formula is C16H31N7O6. The smallest absolute Gasteiger partial charge is 0.326 e. The van der Waals surface area contributed by atoms with Crippen molar-refractivity contribution < 1.29 is 29.4 Å². The van der Waals surface area contributed by atoms with Gasteiger partial charge in [-0.3, -0.25) is 19.4 Å². The Morgan fingerprint density at radius 3 is 2.00 bits per heavy atom. The summed E-state index contributed by atoms with van der Waals surface area (Å²) in [5.41, 5.74) is 21.3. The largest absolute Gasteiger partial charge is 0.481 e. The van der Waals surface area contributed by atoms with E-state index in [0.717, 1.165) is 0 Å². The summed E-state index contributed by atoms with van der Waals surface area (Å²) in [6.45, 7) is 0.577. The first-order chi connectivity index (χ1) is 13.6. The van der Waals surface area contributed by atoms with E-state index in [1.54, 1.807) is 0 Å². The Morgan fingerprint density at radius 2 is 1.48 bits per heavy atom. The number of aliphatic imine (C=N–C) groups is 1. The number of nitrogens with zero attached hydrogens (tertiary/aromatic N) is 1. The van der Waals surface area contributed by atoms with Crippen LogP contribution in [-0.2, 0) is 19.2 Å². The highest BCUT2D eigenvalue weighted by Gasteiger charge is 2.28. The van der Waals surface area contributed by atoms with E-state index >= 15 is 0 Å². The number of nitrogens with two attached hydrogens (primary N) is 4. The molecule has 0 radical (unpaired) electrons. The maximum Gasteiger partial charge on any atom is 0.326 e. The molecule has 0 aromatic heterocycles. The van der Waals surface area contributed by atoms with Crippen molar-refractivity contribution in [1.82, 2.24) is 10.6 Å². The average molecular weight is 417 g/mol. The SMILES string of the molecule is NCCCCC(NC(=O)C(CCCN=C(N)N)NC(=O)C(N)CC(=O)O)C(=O)O. The van der Waals surface area contributed by atoms with Crippen molar-refractivity contribution in [3.63, 3.8) is 0 Å². The number of aliphatic carboxylic acids is 2. The van der Waals surface area contributed by atoms with E-state index in [1.165, 1.54) is 0 Å². The normalized spacial score (nSPS) is 13.6. The highest BCUT2D eigenvalue weighted by Crippen LogP contribution is 2.05. The molecule has 13 nitrogen and oxygen atoms in total. The third kappa shape index (κ3) is 12.2. The van der Waals surface area contributed by atoms with Crippen LogP contribution in [0.1, 0.15) is 38.5 Å². The molecule has 3 unspecified atom stereocenters. The van der Waals surface area contributed by atoms with E-state index in [-0.39, 0.29) is 25.3 Å². The first-order valence-corrected chi connectivity index (χ1v) is 9.14. The Balaban J connectivity index is 5.09. The van der Waals surface area contributed by atoms with Crippen LogP contribution in [0.3, 0.4) is 0 Å². The van der Waals surface area contributed by atoms with Crippen LogP contribution in [0.5, 0.6) is 0 Å². The summed E-state index contributed by atoms with van der Waals surface area (Å²) in [5, 5.41) is 22.7. The zero-order valence-corrected chi connectivity index (χ0v) is 16.2. The minimum Gasteiger partial charge on any atom is -0.481 e. The number of unbranched alkanes of at least 4 members (excludes halogenated alkanes) is 1. The van der Waals surface area contributed by atoms with Crippen LogP contribution >= 0.6 is 0 Å². The molecule has 0 saturated heterocycles. The lowest BCUT2D eigenvalue weighted by Gasteiger charge is -2.22. The maximum absolute atomic E-state index is 12.5. The molecule has 0 aromatic carbocycles. The molecule has 0 heterocycles. The molecule has 3 atom stereocenters. The third-order valence-electron chi connectivity index (χ3n) is 3.87. The Morgan fingerprint density at radius 1 is 0.897 bits per heavy atom. The lowest BCUT2D eigenvalue weighted by atomic mass is 10.1. The van der Waals surface area contributed by atoms with Crippen LogP contribution in [-0.4, -0.2) is 71.1 Å². The molecule has 0 fully saturated rings. The molecule has 0 spiro atoms. The number of carboxylic acid groups (broad SMARTS) is 2. The minimum absolute atomic E-state index is 0.0866. The van der Waals surface area contributed by atoms with Crippen LogP contribution < -0.4 is 33.6 Å². The topological polar surface area (TPSA) is 249 Å². The molecule has 166 valence electrons. The molecule has 2 amide bonds. The number of carbonyl (C=O) groups excluding carboxylic acids is 2. The molecule has 0 aromatic rings. The second-order valence-corrected chi connectivity index (χ2v) is 6.40. The van der Waals surface area contributed by atoms with Gasteiger partial charge in [-0.05, 0) is 38.6 Å². The molecule has 29 heavy (non-hydrogen) atoms. The molecule has 0 aliphatic rings. The van der Waals surface area contributed by atoms with Gasteiger partial charge >= 0.3 is 11.9 Å². The molecule has 0 aliphatic carbocycles. The van der Waals surface area contributed by atoms with Crippen molar-refractivity contribution in [3.8, 4) is 0 Å². The van der Waals surface area contributed by atoms with Gasteiger partial charge in [-0.2, -0.15) is 0 Å². The van der Waals surface area contributed by atoms with Crippen LogP contribution in [0, 0.1) is 0 Å². The van der Waals surface area contributed by atoms with Gasteiger partial charge in [-0.1, -0.05) is 0 Å². The maximum atomic E-state index is 12.5. The van der Waals surface area contributed by atoms with Gasteiger partial charge in [0.05, 0.1) is 12.5 Å². The van der Waals surface area contributed by atoms with Crippen molar-refractivity contribution in [1.29, 1.82) is 0 Å². The molecular weight excluding hydrogens is 386 g/mol. The Hall–Kier alpha value is -2.93. The summed E-state index contributed by atoms with van der Waals surface area (Å²) in [7, 11) is 0. The van der Waals surface area contributed by atoms with Crippen molar-refractivity contribution in [2.45, 2.75) is 56.7 Å². The first-order valence-electron chi connectivity index (χ1n) is 9.14. The average Bonchev–Trinajstić information content (AvgIpc) is 2.62. The summed E-state index contributed by atoms with van der Waals surface area (Å²) >= 11 is 0. The number of hydrogen-bond acceptors (Lipinski definition) is 7. The van der Waals surface area contributed by atoms with Crippen molar-refractivity contribution >= 4 is 29.7 Å². The zero-order chi connectivity index (χ0) is 22.4. The predicted molar refractivity (Wildman–Crippen MR) is 105 cm³/mol. The van der Waals surface area contributed by atoms with Gasteiger partial charge < -0.3 is 43.8 Å². The van der Waals surface area contributed by atoms with Gasteiger partial charge in [0.1, 0.15) is 12.1 Å². The highest BCUT2D eigenvalue weighted by molar-refractivity contribution is 5.92. The standard InChI is InChI=1S/C16H31N7O6/c17-6-2-1-4-11(15(28)29)23-14(27)10(5-3-7-21-16(19)20)22-13(26)9(18)8-12(24)25/h9-11H,1-8,17-18H2,(H,22,26)(H,23,27)(H,24,25)(H,28,29)(H4,19,20,21). The number of carboxylic acids is 2. The van der Waals surface area contributed by atoms with Crippen LogP contribution in [0.2, 0.25) is 0 Å². The Labute approximate surface area is 168 Å². The number of nitrogens with one attached hydrogen (secondary N) is 2. The fourth-order valence-electron chi connectivity index (χ4n) is 2.35. The van der Waals surface area contributed by atoms with Crippen molar-refractivity contribution in [3.05, 3.63) is 0 Å². The van der Waals surface area contributed by atoms with Crippen LogP contribution in [0.25, 0.3) is 0 Å². The van der Waals surface area contributed by atoms with E-state index in [4.69, 9.17) is 28.0 Å². The van der Waals surface area contributed by atoms with Gasteiger partial charge in [-0.25, -0.2) is 4.79 Å². The highest BCUT2D eigenvalue weighted by atomic mass is 16.4. The number of guanidine groups is 1. The molecule has 0 bridgehead atoms. The molecule has 0 aliphatic heterocycles. The Bertz CT molecular complexity index is 594. The van der Waals surface area contributed by atoms with Gasteiger partial charge in [-0.15, -0.1) is 0 Å². The fraction of sp³-hybridized carbons (Fsp3) is 0.688. The van der Waals surface area contributed by atoms with Crippen LogP contribution in [0.15, 0.2) is 4.99 Å². The molecule has 12 N–H and O–H groups in total. The molecule has 13 heteroatoms. The summed E-state index contributed by atoms with van der Waals surface area (Å²) in [6.07, 6.45) is 1.04. The van der Waals surface area contributed by atoms with Gasteiger partial charge in [0.2, 0.25) is 11.8 Å². The monoisotopic (exact) mass is 417 g/mol. The third-order valence-corrected chi connectivity index (χ3v) is 3.87.